The molecule has 2 aromatic rings. The van der Waals surface area contributed by atoms with Crippen LogP contribution in [0.4, 0.5) is 9.18 Å². The number of fused-ring (bicyclic) bond motifs is 3. The van der Waals surface area contributed by atoms with Crippen molar-refractivity contribution in [1.82, 2.24) is 15.2 Å². The Hall–Kier alpha value is -2.08. The van der Waals surface area contributed by atoms with Gasteiger partial charge in [-0.1, -0.05) is 0 Å². The first-order chi connectivity index (χ1) is 10.2. The van der Waals surface area contributed by atoms with Crippen LogP contribution in [0.25, 0.3) is 10.9 Å². The fourth-order valence-electron chi connectivity index (χ4n) is 3.23. The van der Waals surface area contributed by atoms with Gasteiger partial charge in [0.25, 0.3) is 0 Å². The van der Waals surface area contributed by atoms with Crippen molar-refractivity contribution in [3.63, 3.8) is 0 Å². The number of hydrogen-bond donors (Lipinski definition) is 2. The number of hydrogen-bond acceptors (Lipinski definition) is 3. The Kier molecular flexibility index (Phi) is 2.85. The highest BCUT2D eigenvalue weighted by atomic mass is 19.1. The molecule has 5 nitrogen and oxygen atoms in total. The molecule has 6 heteroatoms. The third-order valence-electron chi connectivity index (χ3n) is 4.23. The largest absolute Gasteiger partial charge is 0.447 e. The van der Waals surface area contributed by atoms with Crippen molar-refractivity contribution in [1.29, 1.82) is 0 Å². The molecule has 2 aliphatic heterocycles. The van der Waals surface area contributed by atoms with Crippen LogP contribution in [0, 0.1) is 5.82 Å². The van der Waals surface area contributed by atoms with Crippen LogP contribution >= 0.6 is 0 Å². The SMILES string of the molecule is O=C1NC(CN2CCc3[nH]c4ccc(F)cc4c3C2)CO1. The zero-order valence-corrected chi connectivity index (χ0v) is 11.5. The summed E-state index contributed by atoms with van der Waals surface area (Å²) in [6, 6.07) is 4.90. The molecule has 1 saturated heterocycles. The summed E-state index contributed by atoms with van der Waals surface area (Å²) in [5.74, 6) is -0.210. The molecule has 1 amide bonds. The zero-order valence-electron chi connectivity index (χ0n) is 11.5. The van der Waals surface area contributed by atoms with Crippen molar-refractivity contribution in [2.75, 3.05) is 19.7 Å². The molecule has 0 saturated carbocycles. The van der Waals surface area contributed by atoms with Crippen LogP contribution in [0.2, 0.25) is 0 Å². The summed E-state index contributed by atoms with van der Waals surface area (Å²) in [7, 11) is 0. The highest BCUT2D eigenvalue weighted by Gasteiger charge is 2.27. The number of nitrogens with one attached hydrogen (secondary N) is 2. The smallest absolute Gasteiger partial charge is 0.407 e. The van der Waals surface area contributed by atoms with E-state index in [0.29, 0.717) is 6.61 Å². The number of halogens is 1. The summed E-state index contributed by atoms with van der Waals surface area (Å²) in [5.41, 5.74) is 3.35. The number of H-pyrrole nitrogens is 1. The molecule has 110 valence electrons. The highest BCUT2D eigenvalue weighted by molar-refractivity contribution is 5.85. The van der Waals surface area contributed by atoms with Gasteiger partial charge in [-0.15, -0.1) is 0 Å². The minimum absolute atomic E-state index is 0.0426. The van der Waals surface area contributed by atoms with Crippen LogP contribution in [-0.2, 0) is 17.7 Å². The summed E-state index contributed by atoms with van der Waals surface area (Å²) >= 11 is 0. The zero-order chi connectivity index (χ0) is 14.4. The molecule has 1 unspecified atom stereocenters. The van der Waals surface area contributed by atoms with Crippen molar-refractivity contribution >= 4 is 17.0 Å². The first-order valence-electron chi connectivity index (χ1n) is 7.13. The third kappa shape index (κ3) is 2.25. The molecule has 3 heterocycles. The third-order valence-corrected chi connectivity index (χ3v) is 4.23. The van der Waals surface area contributed by atoms with Crippen LogP contribution in [0.1, 0.15) is 11.3 Å². The van der Waals surface area contributed by atoms with Gasteiger partial charge in [0.2, 0.25) is 0 Å². The van der Waals surface area contributed by atoms with E-state index in [0.717, 1.165) is 37.0 Å². The molecule has 0 radical (unpaired) electrons. The van der Waals surface area contributed by atoms with E-state index in [2.05, 4.69) is 15.2 Å². The molecule has 0 bridgehead atoms. The van der Waals surface area contributed by atoms with Crippen LogP contribution in [-0.4, -0.2) is 41.7 Å². The Morgan fingerprint density at radius 1 is 1.43 bits per heavy atom. The molecule has 2 N–H and O–H groups in total. The van der Waals surface area contributed by atoms with E-state index >= 15 is 0 Å². The molecule has 4 rings (SSSR count). The molecular weight excluding hydrogens is 273 g/mol. The summed E-state index contributed by atoms with van der Waals surface area (Å²) in [4.78, 5) is 16.7. The van der Waals surface area contributed by atoms with Crippen molar-refractivity contribution < 1.29 is 13.9 Å². The second kappa shape index (κ2) is 4.73. The van der Waals surface area contributed by atoms with Crippen molar-refractivity contribution in [3.05, 3.63) is 35.3 Å². The number of aromatic nitrogens is 1. The van der Waals surface area contributed by atoms with E-state index in [-0.39, 0.29) is 18.0 Å². The number of alkyl carbamates (subject to hydrolysis) is 1. The highest BCUT2D eigenvalue weighted by Crippen LogP contribution is 2.28. The second-order valence-corrected chi connectivity index (χ2v) is 5.70. The van der Waals surface area contributed by atoms with Crippen molar-refractivity contribution in [2.45, 2.75) is 19.0 Å². The number of ether oxygens (including phenoxy) is 1. The molecule has 0 aliphatic carbocycles. The Morgan fingerprint density at radius 2 is 2.33 bits per heavy atom. The number of amides is 1. The fourth-order valence-corrected chi connectivity index (χ4v) is 3.23. The molecular formula is C15H16FN3O2. The molecule has 1 aromatic heterocycles. The van der Waals surface area contributed by atoms with Gasteiger partial charge in [0.1, 0.15) is 12.4 Å². The first kappa shape index (κ1) is 12.6. The van der Waals surface area contributed by atoms with E-state index in [1.165, 1.54) is 17.3 Å². The Balaban J connectivity index is 1.57. The topological polar surface area (TPSA) is 57.4 Å². The minimum Gasteiger partial charge on any atom is -0.447 e. The van der Waals surface area contributed by atoms with Crippen molar-refractivity contribution in [3.8, 4) is 0 Å². The lowest BCUT2D eigenvalue weighted by molar-refractivity contribution is 0.173. The van der Waals surface area contributed by atoms with E-state index in [4.69, 9.17) is 4.74 Å². The predicted octanol–water partition coefficient (Wildman–Crippen LogP) is 1.77. The van der Waals surface area contributed by atoms with Gasteiger partial charge < -0.3 is 15.0 Å². The van der Waals surface area contributed by atoms with E-state index in [1.807, 2.05) is 0 Å². The molecule has 1 fully saturated rings. The molecule has 1 aromatic carbocycles. The number of cyclic esters (lactones) is 1. The van der Waals surface area contributed by atoms with Crippen LogP contribution in [0.3, 0.4) is 0 Å². The van der Waals surface area contributed by atoms with Crippen LogP contribution < -0.4 is 5.32 Å². The van der Waals surface area contributed by atoms with Gasteiger partial charge in [-0.2, -0.15) is 0 Å². The number of benzene rings is 1. The Bertz CT molecular complexity index is 712. The number of nitrogens with zero attached hydrogens (tertiary/aromatic N) is 1. The van der Waals surface area contributed by atoms with Gasteiger partial charge in [-0.05, 0) is 23.8 Å². The minimum atomic E-state index is -0.341. The van der Waals surface area contributed by atoms with E-state index < -0.39 is 0 Å². The van der Waals surface area contributed by atoms with E-state index in [1.54, 1.807) is 12.1 Å². The Morgan fingerprint density at radius 3 is 3.14 bits per heavy atom. The number of rotatable bonds is 2. The van der Waals surface area contributed by atoms with Crippen LogP contribution in [0.5, 0.6) is 0 Å². The molecule has 0 spiro atoms. The van der Waals surface area contributed by atoms with Gasteiger partial charge in [-0.25, -0.2) is 9.18 Å². The van der Waals surface area contributed by atoms with Crippen molar-refractivity contribution in [2.24, 2.45) is 0 Å². The quantitative estimate of drug-likeness (QED) is 0.886. The lowest BCUT2D eigenvalue weighted by Crippen LogP contribution is -2.41. The summed E-state index contributed by atoms with van der Waals surface area (Å²) in [5, 5.41) is 3.75. The fraction of sp³-hybridized carbons (Fsp3) is 0.400. The van der Waals surface area contributed by atoms with Gasteiger partial charge in [0.05, 0.1) is 6.04 Å². The summed E-state index contributed by atoms with van der Waals surface area (Å²) in [6.45, 7) is 2.87. The average molecular weight is 289 g/mol. The summed E-state index contributed by atoms with van der Waals surface area (Å²) < 4.78 is 18.4. The van der Waals surface area contributed by atoms with Gasteiger partial charge in [-0.3, -0.25) is 4.90 Å². The monoisotopic (exact) mass is 289 g/mol. The standard InChI is InChI=1S/C15H16FN3O2/c16-9-1-2-13-11(5-9)12-7-19(4-3-14(12)18-13)6-10-8-21-15(20)17-10/h1-2,5,10,18H,3-4,6-8H2,(H,17,20). The first-order valence-corrected chi connectivity index (χ1v) is 7.13. The number of carbonyl (C=O) groups is 1. The lowest BCUT2D eigenvalue weighted by atomic mass is 10.0. The predicted molar refractivity (Wildman–Crippen MR) is 75.5 cm³/mol. The molecule has 2 aliphatic rings. The maximum atomic E-state index is 13.5. The molecule has 1 atom stereocenters. The normalized spacial score (nSPS) is 22.1. The molecule has 21 heavy (non-hydrogen) atoms. The average Bonchev–Trinajstić information content (AvgIpc) is 3.02. The Labute approximate surface area is 121 Å². The summed E-state index contributed by atoms with van der Waals surface area (Å²) in [6.07, 6.45) is 0.569. The maximum absolute atomic E-state index is 13.5. The van der Waals surface area contributed by atoms with E-state index in [9.17, 15) is 9.18 Å². The van der Waals surface area contributed by atoms with Gasteiger partial charge in [0.15, 0.2) is 0 Å². The van der Waals surface area contributed by atoms with Crippen LogP contribution in [0.15, 0.2) is 18.2 Å². The van der Waals surface area contributed by atoms with Gasteiger partial charge >= 0.3 is 6.09 Å². The number of carbonyl (C=O) groups excluding carboxylic acids is 1. The lowest BCUT2D eigenvalue weighted by Gasteiger charge is -2.28. The number of aromatic amines is 1. The second-order valence-electron chi connectivity index (χ2n) is 5.70. The van der Waals surface area contributed by atoms with Gasteiger partial charge in [0, 0.05) is 42.7 Å². The maximum Gasteiger partial charge on any atom is 0.407 e.